The standard InChI is InChI=1S/C21H22N4O/c26-21(18-6-8-20(9-7-18)24-11-3-4-12-24)25-15-13-23(14-16-25)17-19-5-1-2-10-22-19/h1-12H,13-17H2. The molecule has 1 saturated heterocycles. The van der Waals surface area contributed by atoms with Gasteiger partial charge in [0.05, 0.1) is 5.69 Å². The maximum Gasteiger partial charge on any atom is 0.253 e. The van der Waals surface area contributed by atoms with Gasteiger partial charge in [0, 0.05) is 62.6 Å². The molecule has 3 aromatic rings. The monoisotopic (exact) mass is 346 g/mol. The van der Waals surface area contributed by atoms with E-state index in [0.717, 1.165) is 49.7 Å². The fourth-order valence-corrected chi connectivity index (χ4v) is 3.30. The molecule has 5 nitrogen and oxygen atoms in total. The summed E-state index contributed by atoms with van der Waals surface area (Å²) in [6.45, 7) is 4.11. The zero-order chi connectivity index (χ0) is 17.8. The first-order chi connectivity index (χ1) is 12.8. The molecule has 0 spiro atoms. The van der Waals surface area contributed by atoms with Crippen LogP contribution in [0.1, 0.15) is 16.1 Å². The number of amides is 1. The first-order valence-corrected chi connectivity index (χ1v) is 8.94. The molecule has 1 aromatic carbocycles. The van der Waals surface area contributed by atoms with E-state index in [1.54, 1.807) is 0 Å². The van der Waals surface area contributed by atoms with Gasteiger partial charge in [-0.15, -0.1) is 0 Å². The largest absolute Gasteiger partial charge is 0.336 e. The predicted molar refractivity (Wildman–Crippen MR) is 101 cm³/mol. The van der Waals surface area contributed by atoms with Crippen LogP contribution in [0.4, 0.5) is 0 Å². The lowest BCUT2D eigenvalue weighted by Gasteiger charge is -2.34. The van der Waals surface area contributed by atoms with Crippen molar-refractivity contribution in [1.29, 1.82) is 0 Å². The number of hydrogen-bond donors (Lipinski definition) is 0. The van der Waals surface area contributed by atoms with Crippen molar-refractivity contribution in [3.05, 3.63) is 84.4 Å². The van der Waals surface area contributed by atoms with Gasteiger partial charge in [0.2, 0.25) is 0 Å². The molecule has 0 N–H and O–H groups in total. The van der Waals surface area contributed by atoms with Crippen LogP contribution in [0, 0.1) is 0 Å². The van der Waals surface area contributed by atoms with Gasteiger partial charge in [-0.3, -0.25) is 14.7 Å². The average Bonchev–Trinajstić information content (AvgIpc) is 3.24. The van der Waals surface area contributed by atoms with Gasteiger partial charge < -0.3 is 9.47 Å². The van der Waals surface area contributed by atoms with Gasteiger partial charge >= 0.3 is 0 Å². The Morgan fingerprint density at radius 3 is 2.27 bits per heavy atom. The quantitative estimate of drug-likeness (QED) is 0.729. The molecule has 0 radical (unpaired) electrons. The van der Waals surface area contributed by atoms with E-state index in [9.17, 15) is 4.79 Å². The maximum atomic E-state index is 12.8. The van der Waals surface area contributed by atoms with Gasteiger partial charge in [0.1, 0.15) is 0 Å². The molecule has 1 amide bonds. The van der Waals surface area contributed by atoms with Crippen molar-refractivity contribution in [2.45, 2.75) is 6.54 Å². The maximum absolute atomic E-state index is 12.8. The zero-order valence-electron chi connectivity index (χ0n) is 14.7. The molecule has 4 rings (SSSR count). The van der Waals surface area contributed by atoms with Crippen LogP contribution >= 0.6 is 0 Å². The van der Waals surface area contributed by atoms with E-state index in [4.69, 9.17) is 0 Å². The van der Waals surface area contributed by atoms with Crippen LogP contribution in [0.15, 0.2) is 73.2 Å². The normalized spacial score (nSPS) is 15.2. The Morgan fingerprint density at radius 1 is 0.885 bits per heavy atom. The number of aromatic nitrogens is 2. The molecule has 0 aliphatic carbocycles. The van der Waals surface area contributed by atoms with E-state index in [1.807, 2.05) is 82.7 Å². The van der Waals surface area contributed by atoms with Crippen LogP contribution in [0.25, 0.3) is 5.69 Å². The number of rotatable bonds is 4. The Morgan fingerprint density at radius 2 is 1.62 bits per heavy atom. The van der Waals surface area contributed by atoms with Crippen LogP contribution in [-0.4, -0.2) is 51.4 Å². The predicted octanol–water partition coefficient (Wildman–Crippen LogP) is 2.83. The summed E-state index contributed by atoms with van der Waals surface area (Å²) in [5.41, 5.74) is 2.89. The number of hydrogen-bond acceptors (Lipinski definition) is 3. The third-order valence-corrected chi connectivity index (χ3v) is 4.79. The molecule has 5 heteroatoms. The molecule has 0 unspecified atom stereocenters. The van der Waals surface area contributed by atoms with Crippen LogP contribution in [-0.2, 0) is 6.54 Å². The van der Waals surface area contributed by atoms with E-state index in [1.165, 1.54) is 0 Å². The molecule has 0 bridgehead atoms. The minimum absolute atomic E-state index is 0.113. The zero-order valence-corrected chi connectivity index (χ0v) is 14.7. The lowest BCUT2D eigenvalue weighted by molar-refractivity contribution is 0.0627. The van der Waals surface area contributed by atoms with Crippen LogP contribution < -0.4 is 0 Å². The minimum atomic E-state index is 0.113. The van der Waals surface area contributed by atoms with Crippen molar-refractivity contribution in [3.63, 3.8) is 0 Å². The van der Waals surface area contributed by atoms with Crippen molar-refractivity contribution in [3.8, 4) is 5.69 Å². The first kappa shape index (κ1) is 16.5. The molecular formula is C21H22N4O. The second kappa shape index (κ2) is 7.54. The Balaban J connectivity index is 1.34. The fraction of sp³-hybridized carbons (Fsp3) is 0.238. The smallest absolute Gasteiger partial charge is 0.253 e. The number of piperazine rings is 1. The third-order valence-electron chi connectivity index (χ3n) is 4.79. The lowest BCUT2D eigenvalue weighted by Crippen LogP contribution is -2.48. The summed E-state index contributed by atoms with van der Waals surface area (Å²) in [7, 11) is 0. The number of benzene rings is 1. The summed E-state index contributed by atoms with van der Waals surface area (Å²) in [5, 5.41) is 0. The Kier molecular flexibility index (Phi) is 4.80. The molecule has 26 heavy (non-hydrogen) atoms. The lowest BCUT2D eigenvalue weighted by atomic mass is 10.1. The van der Waals surface area contributed by atoms with Crippen LogP contribution in [0.3, 0.4) is 0 Å². The third kappa shape index (κ3) is 3.68. The summed E-state index contributed by atoms with van der Waals surface area (Å²) in [6, 6.07) is 17.8. The highest BCUT2D eigenvalue weighted by atomic mass is 16.2. The van der Waals surface area contributed by atoms with Crippen molar-refractivity contribution < 1.29 is 4.79 Å². The number of carbonyl (C=O) groups is 1. The molecule has 2 aromatic heterocycles. The van der Waals surface area contributed by atoms with Crippen LogP contribution in [0.5, 0.6) is 0 Å². The van der Waals surface area contributed by atoms with Gasteiger partial charge in [-0.25, -0.2) is 0 Å². The van der Waals surface area contributed by atoms with Crippen molar-refractivity contribution in [2.75, 3.05) is 26.2 Å². The summed E-state index contributed by atoms with van der Waals surface area (Å²) >= 11 is 0. The van der Waals surface area contributed by atoms with Crippen molar-refractivity contribution >= 4 is 5.91 Å². The van der Waals surface area contributed by atoms with Gasteiger partial charge in [-0.2, -0.15) is 0 Å². The molecule has 132 valence electrons. The molecular weight excluding hydrogens is 324 g/mol. The minimum Gasteiger partial charge on any atom is -0.336 e. The second-order valence-electron chi connectivity index (χ2n) is 6.53. The van der Waals surface area contributed by atoms with Crippen LogP contribution in [0.2, 0.25) is 0 Å². The fourth-order valence-electron chi connectivity index (χ4n) is 3.30. The molecule has 0 atom stereocenters. The topological polar surface area (TPSA) is 41.4 Å². The highest BCUT2D eigenvalue weighted by Gasteiger charge is 2.22. The van der Waals surface area contributed by atoms with E-state index in [0.29, 0.717) is 0 Å². The number of nitrogens with zero attached hydrogens (tertiary/aromatic N) is 4. The van der Waals surface area contributed by atoms with E-state index in [2.05, 4.69) is 9.88 Å². The molecule has 1 fully saturated rings. The van der Waals surface area contributed by atoms with E-state index < -0.39 is 0 Å². The average molecular weight is 346 g/mol. The molecule has 1 aliphatic heterocycles. The first-order valence-electron chi connectivity index (χ1n) is 8.94. The molecule has 0 saturated carbocycles. The summed E-state index contributed by atoms with van der Waals surface area (Å²) in [6.07, 6.45) is 5.82. The SMILES string of the molecule is O=C(c1ccc(-n2cccc2)cc1)N1CCN(Cc2ccccn2)CC1. The Bertz CT molecular complexity index is 835. The number of pyridine rings is 1. The van der Waals surface area contributed by atoms with Gasteiger partial charge in [-0.1, -0.05) is 6.07 Å². The number of carbonyl (C=O) groups excluding carboxylic acids is 1. The van der Waals surface area contributed by atoms with Gasteiger partial charge in [0.15, 0.2) is 0 Å². The molecule has 1 aliphatic rings. The second-order valence-corrected chi connectivity index (χ2v) is 6.53. The van der Waals surface area contributed by atoms with Gasteiger partial charge in [0.25, 0.3) is 5.91 Å². The highest BCUT2D eigenvalue weighted by Crippen LogP contribution is 2.14. The summed E-state index contributed by atoms with van der Waals surface area (Å²) in [5.74, 6) is 0.113. The van der Waals surface area contributed by atoms with Crippen molar-refractivity contribution in [1.82, 2.24) is 19.4 Å². The van der Waals surface area contributed by atoms with E-state index in [-0.39, 0.29) is 5.91 Å². The summed E-state index contributed by atoms with van der Waals surface area (Å²) < 4.78 is 2.03. The Hall–Kier alpha value is -2.92. The highest BCUT2D eigenvalue weighted by molar-refractivity contribution is 5.94. The van der Waals surface area contributed by atoms with Crippen molar-refractivity contribution in [2.24, 2.45) is 0 Å². The molecule has 3 heterocycles. The Labute approximate surface area is 153 Å². The summed E-state index contributed by atoms with van der Waals surface area (Å²) in [4.78, 5) is 21.4. The van der Waals surface area contributed by atoms with Gasteiger partial charge in [-0.05, 0) is 48.5 Å². The van der Waals surface area contributed by atoms with E-state index >= 15 is 0 Å².